The average molecular weight is 211 g/mol. The minimum atomic E-state index is -1.38. The highest BCUT2D eigenvalue weighted by Crippen LogP contribution is 2.58. The third-order valence-electron chi connectivity index (χ3n) is 4.37. The van der Waals surface area contributed by atoms with Crippen molar-refractivity contribution in [3.8, 4) is 0 Å². The lowest BCUT2D eigenvalue weighted by Crippen LogP contribution is -2.60. The molecule has 15 heavy (non-hydrogen) atoms. The predicted molar refractivity (Wildman–Crippen MR) is 54.2 cm³/mol. The standard InChI is InChI=1S/C11H17NO3/c1-11(2)6-3-4-8(7(11)5-6)12-9(13)10(14)15/h6-8H,3-5H2,1-2H3,(H,12,13)(H,14,15). The highest BCUT2D eigenvalue weighted by atomic mass is 16.4. The number of rotatable bonds is 1. The monoisotopic (exact) mass is 211 g/mol. The van der Waals surface area contributed by atoms with E-state index in [9.17, 15) is 9.59 Å². The van der Waals surface area contributed by atoms with Gasteiger partial charge < -0.3 is 10.4 Å². The van der Waals surface area contributed by atoms with E-state index >= 15 is 0 Å². The number of nitrogens with one attached hydrogen (secondary N) is 1. The third-order valence-corrected chi connectivity index (χ3v) is 4.37. The molecular formula is C11H17NO3. The van der Waals surface area contributed by atoms with E-state index in [2.05, 4.69) is 19.2 Å². The van der Waals surface area contributed by atoms with Gasteiger partial charge in [0.1, 0.15) is 0 Å². The van der Waals surface area contributed by atoms with Crippen molar-refractivity contribution in [3.05, 3.63) is 0 Å². The molecule has 0 radical (unpaired) electrons. The Bertz CT molecular complexity index is 309. The molecule has 3 fully saturated rings. The third kappa shape index (κ3) is 1.52. The molecule has 2 bridgehead atoms. The van der Waals surface area contributed by atoms with Gasteiger partial charge in [-0.05, 0) is 36.5 Å². The van der Waals surface area contributed by atoms with Crippen LogP contribution in [0.4, 0.5) is 0 Å². The first-order valence-electron chi connectivity index (χ1n) is 5.46. The molecule has 3 rings (SSSR count). The Morgan fingerprint density at radius 1 is 1.33 bits per heavy atom. The largest absolute Gasteiger partial charge is 0.474 e. The number of carboxylic acids is 1. The molecule has 0 aromatic heterocycles. The van der Waals surface area contributed by atoms with Gasteiger partial charge in [-0.3, -0.25) is 4.79 Å². The Balaban J connectivity index is 2.00. The molecule has 3 aliphatic carbocycles. The number of carbonyl (C=O) groups excluding carboxylic acids is 1. The van der Waals surface area contributed by atoms with Crippen LogP contribution in [0.2, 0.25) is 0 Å². The van der Waals surface area contributed by atoms with Crippen LogP contribution in [0.25, 0.3) is 0 Å². The highest BCUT2D eigenvalue weighted by Gasteiger charge is 2.54. The average Bonchev–Trinajstić information content (AvgIpc) is 2.17. The van der Waals surface area contributed by atoms with Crippen LogP contribution in [0, 0.1) is 17.3 Å². The normalized spacial score (nSPS) is 36.5. The van der Waals surface area contributed by atoms with Gasteiger partial charge in [0, 0.05) is 6.04 Å². The second-order valence-corrected chi connectivity index (χ2v) is 5.32. The van der Waals surface area contributed by atoms with Crippen LogP contribution in [0.15, 0.2) is 0 Å². The number of hydrogen-bond acceptors (Lipinski definition) is 2. The minimum absolute atomic E-state index is 0.0635. The smallest absolute Gasteiger partial charge is 0.394 e. The number of fused-ring (bicyclic) bond motifs is 2. The van der Waals surface area contributed by atoms with E-state index < -0.39 is 11.9 Å². The second kappa shape index (κ2) is 3.22. The highest BCUT2D eigenvalue weighted by molar-refractivity contribution is 6.31. The van der Waals surface area contributed by atoms with E-state index in [0.29, 0.717) is 5.92 Å². The van der Waals surface area contributed by atoms with E-state index in [-0.39, 0.29) is 11.5 Å². The number of hydrogen-bond donors (Lipinski definition) is 2. The van der Waals surface area contributed by atoms with Gasteiger partial charge in [0.15, 0.2) is 0 Å². The van der Waals surface area contributed by atoms with Gasteiger partial charge in [-0.25, -0.2) is 4.79 Å². The molecule has 0 spiro atoms. The fourth-order valence-electron chi connectivity index (χ4n) is 3.21. The number of aliphatic carboxylic acids is 1. The lowest BCUT2D eigenvalue weighted by Gasteiger charge is -2.59. The Kier molecular flexibility index (Phi) is 2.24. The van der Waals surface area contributed by atoms with Crippen molar-refractivity contribution in [1.82, 2.24) is 5.32 Å². The molecule has 1 amide bonds. The summed E-state index contributed by atoms with van der Waals surface area (Å²) in [4.78, 5) is 21.5. The lowest BCUT2D eigenvalue weighted by molar-refractivity contribution is -0.153. The summed E-state index contributed by atoms with van der Waals surface area (Å²) in [5.41, 5.74) is 0.273. The Labute approximate surface area is 89.0 Å². The Morgan fingerprint density at radius 2 is 2.00 bits per heavy atom. The summed E-state index contributed by atoms with van der Waals surface area (Å²) in [6, 6.07) is 0.0635. The zero-order chi connectivity index (χ0) is 11.2. The first-order valence-corrected chi connectivity index (χ1v) is 5.46. The van der Waals surface area contributed by atoms with Gasteiger partial charge in [-0.2, -0.15) is 0 Å². The minimum Gasteiger partial charge on any atom is -0.474 e. The van der Waals surface area contributed by atoms with E-state index in [4.69, 9.17) is 5.11 Å². The van der Waals surface area contributed by atoms with Crippen LogP contribution in [0.5, 0.6) is 0 Å². The van der Waals surface area contributed by atoms with E-state index in [1.54, 1.807) is 0 Å². The van der Waals surface area contributed by atoms with Gasteiger partial charge >= 0.3 is 11.9 Å². The van der Waals surface area contributed by atoms with Crippen molar-refractivity contribution >= 4 is 11.9 Å². The SMILES string of the molecule is CC1(C)C2CCC(NC(=O)C(=O)O)C1C2. The number of carboxylic acid groups (broad SMARTS) is 1. The van der Waals surface area contributed by atoms with Crippen LogP contribution in [-0.2, 0) is 9.59 Å². The maximum absolute atomic E-state index is 11.1. The van der Waals surface area contributed by atoms with Crippen LogP contribution in [0.1, 0.15) is 33.1 Å². The van der Waals surface area contributed by atoms with Crippen molar-refractivity contribution < 1.29 is 14.7 Å². The Hall–Kier alpha value is -1.06. The molecule has 4 heteroatoms. The zero-order valence-corrected chi connectivity index (χ0v) is 9.12. The Morgan fingerprint density at radius 3 is 2.47 bits per heavy atom. The lowest BCUT2D eigenvalue weighted by atomic mass is 9.47. The topological polar surface area (TPSA) is 66.4 Å². The molecule has 3 saturated carbocycles. The second-order valence-electron chi connectivity index (χ2n) is 5.32. The van der Waals surface area contributed by atoms with Crippen LogP contribution in [0.3, 0.4) is 0 Å². The van der Waals surface area contributed by atoms with Gasteiger partial charge in [-0.1, -0.05) is 13.8 Å². The van der Waals surface area contributed by atoms with Crippen molar-refractivity contribution in [2.45, 2.75) is 39.2 Å². The van der Waals surface area contributed by atoms with Gasteiger partial charge in [0.2, 0.25) is 0 Å². The summed E-state index contributed by atoms with van der Waals surface area (Å²) in [6.45, 7) is 4.43. The summed E-state index contributed by atoms with van der Waals surface area (Å²) < 4.78 is 0. The van der Waals surface area contributed by atoms with Crippen molar-refractivity contribution in [2.24, 2.45) is 17.3 Å². The maximum atomic E-state index is 11.1. The molecule has 0 aromatic rings. The molecule has 0 aliphatic heterocycles. The van der Waals surface area contributed by atoms with Crippen molar-refractivity contribution in [3.63, 3.8) is 0 Å². The fourth-order valence-corrected chi connectivity index (χ4v) is 3.21. The number of amides is 1. The summed E-state index contributed by atoms with van der Waals surface area (Å²) in [5.74, 6) is -1.02. The van der Waals surface area contributed by atoms with Gasteiger partial charge in [0.25, 0.3) is 0 Å². The molecule has 4 nitrogen and oxygen atoms in total. The molecule has 2 N–H and O–H groups in total. The molecule has 0 heterocycles. The van der Waals surface area contributed by atoms with E-state index in [1.807, 2.05) is 0 Å². The van der Waals surface area contributed by atoms with Crippen molar-refractivity contribution in [1.29, 1.82) is 0 Å². The van der Waals surface area contributed by atoms with Crippen LogP contribution in [-0.4, -0.2) is 23.0 Å². The van der Waals surface area contributed by atoms with Gasteiger partial charge in [0.05, 0.1) is 0 Å². The van der Waals surface area contributed by atoms with Crippen LogP contribution < -0.4 is 5.32 Å². The molecular weight excluding hydrogens is 194 g/mol. The molecule has 3 unspecified atom stereocenters. The predicted octanol–water partition coefficient (Wildman–Crippen LogP) is 1.01. The number of carbonyl (C=O) groups is 2. The zero-order valence-electron chi connectivity index (χ0n) is 9.12. The van der Waals surface area contributed by atoms with E-state index in [0.717, 1.165) is 25.2 Å². The van der Waals surface area contributed by atoms with E-state index in [1.165, 1.54) is 0 Å². The molecule has 3 atom stereocenters. The van der Waals surface area contributed by atoms with Crippen LogP contribution >= 0.6 is 0 Å². The first kappa shape index (κ1) is 10.5. The van der Waals surface area contributed by atoms with Gasteiger partial charge in [-0.15, -0.1) is 0 Å². The summed E-state index contributed by atoms with van der Waals surface area (Å²) in [6.07, 6.45) is 3.17. The fraction of sp³-hybridized carbons (Fsp3) is 0.818. The first-order chi connectivity index (χ1) is 6.93. The quantitative estimate of drug-likeness (QED) is 0.636. The molecule has 0 aromatic carbocycles. The summed E-state index contributed by atoms with van der Waals surface area (Å²) >= 11 is 0. The molecule has 3 aliphatic rings. The maximum Gasteiger partial charge on any atom is 0.394 e. The summed E-state index contributed by atoms with van der Waals surface area (Å²) in [7, 11) is 0. The van der Waals surface area contributed by atoms with Crippen molar-refractivity contribution in [2.75, 3.05) is 0 Å². The molecule has 84 valence electrons. The summed E-state index contributed by atoms with van der Waals surface area (Å²) in [5, 5.41) is 11.2. The molecule has 0 saturated heterocycles.